The van der Waals surface area contributed by atoms with Crippen molar-refractivity contribution in [2.45, 2.75) is 20.3 Å². The average molecular weight is 271 g/mol. The first kappa shape index (κ1) is 14.0. The molecule has 2 aromatic rings. The molecular formula is C15H17N3O2. The van der Waals surface area contributed by atoms with E-state index in [2.05, 4.69) is 15.3 Å². The van der Waals surface area contributed by atoms with Crippen molar-refractivity contribution in [3.8, 4) is 5.88 Å². The summed E-state index contributed by atoms with van der Waals surface area (Å²) >= 11 is 0. The number of ether oxygens (including phenoxy) is 1. The van der Waals surface area contributed by atoms with Crippen LogP contribution in [-0.4, -0.2) is 23.0 Å². The maximum absolute atomic E-state index is 11.9. The van der Waals surface area contributed by atoms with Gasteiger partial charge < -0.3 is 4.74 Å². The maximum Gasteiger partial charge on any atom is 0.232 e. The molecule has 0 unspecified atom stereocenters. The zero-order valence-corrected chi connectivity index (χ0v) is 11.8. The van der Waals surface area contributed by atoms with Crippen molar-refractivity contribution >= 4 is 11.9 Å². The first-order valence-electron chi connectivity index (χ1n) is 6.32. The van der Waals surface area contributed by atoms with Crippen LogP contribution in [0.1, 0.15) is 16.8 Å². The third kappa shape index (κ3) is 3.78. The number of rotatable bonds is 4. The van der Waals surface area contributed by atoms with Crippen LogP contribution in [0.2, 0.25) is 0 Å². The van der Waals surface area contributed by atoms with Gasteiger partial charge in [-0.15, -0.1) is 0 Å². The molecule has 0 saturated carbocycles. The predicted molar refractivity (Wildman–Crippen MR) is 76.8 cm³/mol. The summed E-state index contributed by atoms with van der Waals surface area (Å²) < 4.78 is 5.05. The van der Waals surface area contributed by atoms with Crippen molar-refractivity contribution < 1.29 is 9.53 Å². The van der Waals surface area contributed by atoms with Crippen molar-refractivity contribution in [3.63, 3.8) is 0 Å². The molecule has 5 heteroatoms. The summed E-state index contributed by atoms with van der Waals surface area (Å²) in [5.74, 6) is 0.545. The van der Waals surface area contributed by atoms with E-state index in [1.165, 1.54) is 12.7 Å². The Morgan fingerprint density at radius 2 is 1.90 bits per heavy atom. The predicted octanol–water partition coefficient (Wildman–Crippen LogP) is 2.28. The Balaban J connectivity index is 2.04. The van der Waals surface area contributed by atoms with E-state index >= 15 is 0 Å². The molecule has 20 heavy (non-hydrogen) atoms. The number of carbonyl (C=O) groups excluding carboxylic acids is 1. The van der Waals surface area contributed by atoms with Gasteiger partial charge in [0.15, 0.2) is 0 Å². The number of nitrogens with one attached hydrogen (secondary N) is 1. The van der Waals surface area contributed by atoms with Gasteiger partial charge in [0.05, 0.1) is 13.5 Å². The number of hydrogen-bond acceptors (Lipinski definition) is 4. The fraction of sp³-hybridized carbons (Fsp3) is 0.267. The third-order valence-electron chi connectivity index (χ3n) is 2.78. The number of benzene rings is 1. The van der Waals surface area contributed by atoms with Crippen molar-refractivity contribution in [3.05, 3.63) is 47.2 Å². The Bertz CT molecular complexity index is 609. The molecule has 0 aliphatic heterocycles. The summed E-state index contributed by atoms with van der Waals surface area (Å²) in [4.78, 5) is 20.2. The van der Waals surface area contributed by atoms with Crippen LogP contribution in [0.5, 0.6) is 5.88 Å². The highest BCUT2D eigenvalue weighted by Crippen LogP contribution is 2.12. The Morgan fingerprint density at radius 1 is 1.20 bits per heavy atom. The van der Waals surface area contributed by atoms with E-state index in [0.717, 1.165) is 11.3 Å². The van der Waals surface area contributed by atoms with Gasteiger partial charge in [0, 0.05) is 11.8 Å². The minimum absolute atomic E-state index is 0.151. The first-order chi connectivity index (χ1) is 9.56. The molecular weight excluding hydrogens is 254 g/mol. The molecule has 0 fully saturated rings. The molecule has 1 aromatic heterocycles. The highest BCUT2D eigenvalue weighted by Gasteiger charge is 2.08. The molecule has 1 aromatic carbocycles. The second-order valence-electron chi connectivity index (χ2n) is 4.59. The second-order valence-corrected chi connectivity index (χ2v) is 4.59. The van der Waals surface area contributed by atoms with Gasteiger partial charge in [-0.05, 0) is 19.4 Å². The van der Waals surface area contributed by atoms with Crippen LogP contribution in [-0.2, 0) is 11.2 Å². The van der Waals surface area contributed by atoms with Crippen LogP contribution in [0, 0.1) is 13.8 Å². The number of aromatic nitrogens is 2. The van der Waals surface area contributed by atoms with Gasteiger partial charge in [-0.2, -0.15) is 4.98 Å². The highest BCUT2D eigenvalue weighted by molar-refractivity contribution is 5.90. The quantitative estimate of drug-likeness (QED) is 0.926. The molecule has 0 saturated heterocycles. The number of hydrogen-bond donors (Lipinski definition) is 1. The lowest BCUT2D eigenvalue weighted by molar-refractivity contribution is -0.115. The van der Waals surface area contributed by atoms with Gasteiger partial charge in [0.25, 0.3) is 0 Å². The zero-order valence-electron chi connectivity index (χ0n) is 11.8. The van der Waals surface area contributed by atoms with Crippen LogP contribution >= 0.6 is 0 Å². The van der Waals surface area contributed by atoms with Gasteiger partial charge in [0.2, 0.25) is 17.7 Å². The van der Waals surface area contributed by atoms with Crippen LogP contribution in [0.4, 0.5) is 5.95 Å². The number of aryl methyl sites for hydroxylation is 2. The van der Waals surface area contributed by atoms with E-state index in [9.17, 15) is 4.79 Å². The van der Waals surface area contributed by atoms with Gasteiger partial charge in [-0.3, -0.25) is 10.1 Å². The van der Waals surface area contributed by atoms with E-state index < -0.39 is 0 Å². The largest absolute Gasteiger partial charge is 0.481 e. The van der Waals surface area contributed by atoms with E-state index in [1.54, 1.807) is 6.07 Å². The first-order valence-corrected chi connectivity index (χ1v) is 6.32. The molecule has 2 rings (SSSR count). The number of amides is 1. The smallest absolute Gasteiger partial charge is 0.232 e. The highest BCUT2D eigenvalue weighted by atomic mass is 16.5. The van der Waals surface area contributed by atoms with Crippen LogP contribution < -0.4 is 10.1 Å². The fourth-order valence-electron chi connectivity index (χ4n) is 1.76. The maximum atomic E-state index is 11.9. The second kappa shape index (κ2) is 6.14. The number of methoxy groups -OCH3 is 1. The van der Waals surface area contributed by atoms with Crippen LogP contribution in [0.15, 0.2) is 30.3 Å². The van der Waals surface area contributed by atoms with Crippen molar-refractivity contribution in [2.24, 2.45) is 0 Å². The SMILES string of the molecule is COc1cc(C)nc(NC(=O)Cc2ccc(C)cc2)n1. The van der Waals surface area contributed by atoms with Crippen molar-refractivity contribution in [1.82, 2.24) is 9.97 Å². The molecule has 0 atom stereocenters. The summed E-state index contributed by atoms with van der Waals surface area (Å²) in [5, 5.41) is 2.68. The standard InChI is InChI=1S/C15H17N3O2/c1-10-4-6-12(7-5-10)9-13(19)17-15-16-11(2)8-14(18-15)20-3/h4-8H,9H2,1-3H3,(H,16,17,18,19). The Morgan fingerprint density at radius 3 is 2.55 bits per heavy atom. The molecule has 1 amide bonds. The lowest BCUT2D eigenvalue weighted by Gasteiger charge is -2.06. The molecule has 0 aliphatic carbocycles. The van der Waals surface area contributed by atoms with Crippen LogP contribution in [0.25, 0.3) is 0 Å². The molecule has 0 bridgehead atoms. The van der Waals surface area contributed by atoms with Gasteiger partial charge >= 0.3 is 0 Å². The Labute approximate surface area is 118 Å². The van der Waals surface area contributed by atoms with Crippen molar-refractivity contribution in [1.29, 1.82) is 0 Å². The summed E-state index contributed by atoms with van der Waals surface area (Å²) in [6.07, 6.45) is 0.292. The normalized spacial score (nSPS) is 10.2. The summed E-state index contributed by atoms with van der Waals surface area (Å²) in [5.41, 5.74) is 2.86. The summed E-state index contributed by atoms with van der Waals surface area (Å²) in [6.45, 7) is 3.83. The Kier molecular flexibility index (Phi) is 4.30. The summed E-state index contributed by atoms with van der Waals surface area (Å²) in [7, 11) is 1.53. The molecule has 0 aliphatic rings. The van der Waals surface area contributed by atoms with Gasteiger partial charge in [0.1, 0.15) is 0 Å². The van der Waals surface area contributed by atoms with E-state index in [4.69, 9.17) is 4.74 Å². The van der Waals surface area contributed by atoms with Crippen LogP contribution in [0.3, 0.4) is 0 Å². The minimum atomic E-state index is -0.151. The minimum Gasteiger partial charge on any atom is -0.481 e. The number of anilines is 1. The monoisotopic (exact) mass is 271 g/mol. The molecule has 0 spiro atoms. The molecule has 0 radical (unpaired) electrons. The average Bonchev–Trinajstić information content (AvgIpc) is 2.40. The molecule has 1 heterocycles. The molecule has 1 N–H and O–H groups in total. The third-order valence-corrected chi connectivity index (χ3v) is 2.78. The van der Waals surface area contributed by atoms with E-state index in [0.29, 0.717) is 12.3 Å². The topological polar surface area (TPSA) is 64.1 Å². The van der Waals surface area contributed by atoms with E-state index in [1.807, 2.05) is 38.1 Å². The van der Waals surface area contributed by atoms with Gasteiger partial charge in [-0.25, -0.2) is 4.98 Å². The lowest BCUT2D eigenvalue weighted by atomic mass is 10.1. The van der Waals surface area contributed by atoms with Crippen molar-refractivity contribution in [2.75, 3.05) is 12.4 Å². The number of carbonyl (C=O) groups is 1. The number of nitrogens with zero attached hydrogens (tertiary/aromatic N) is 2. The molecule has 104 valence electrons. The fourth-order valence-corrected chi connectivity index (χ4v) is 1.76. The molecule has 5 nitrogen and oxygen atoms in total. The lowest BCUT2D eigenvalue weighted by Crippen LogP contribution is -2.16. The Hall–Kier alpha value is -2.43. The van der Waals surface area contributed by atoms with E-state index in [-0.39, 0.29) is 11.9 Å². The zero-order chi connectivity index (χ0) is 14.5. The summed E-state index contributed by atoms with van der Waals surface area (Å²) in [6, 6.07) is 9.54. The van der Waals surface area contributed by atoms with Gasteiger partial charge in [-0.1, -0.05) is 29.8 Å².